The zero-order chi connectivity index (χ0) is 23.0. The van der Waals surface area contributed by atoms with Gasteiger partial charge in [0.2, 0.25) is 11.8 Å². The predicted octanol–water partition coefficient (Wildman–Crippen LogP) is 1.01. The summed E-state index contributed by atoms with van der Waals surface area (Å²) in [7, 11) is 0. The number of carbonyl (C=O) groups is 2. The third kappa shape index (κ3) is 4.55. The number of hydrogen-bond acceptors (Lipinski definition) is 6. The van der Waals surface area contributed by atoms with Gasteiger partial charge in [0.15, 0.2) is 5.56 Å². The Balaban J connectivity index is 1.78. The van der Waals surface area contributed by atoms with Gasteiger partial charge < -0.3 is 20.1 Å². The molecule has 32 heavy (non-hydrogen) atoms. The fourth-order valence-electron chi connectivity index (χ4n) is 3.69. The fourth-order valence-corrected chi connectivity index (χ4v) is 3.69. The van der Waals surface area contributed by atoms with Crippen LogP contribution in [0.2, 0.25) is 0 Å². The third-order valence-electron chi connectivity index (χ3n) is 5.41. The van der Waals surface area contributed by atoms with Gasteiger partial charge in [-0.05, 0) is 24.3 Å². The lowest BCUT2D eigenvalue weighted by atomic mass is 9.96. The van der Waals surface area contributed by atoms with E-state index in [9.17, 15) is 19.5 Å². The van der Waals surface area contributed by atoms with Gasteiger partial charge in [0, 0.05) is 37.3 Å². The van der Waals surface area contributed by atoms with Crippen LogP contribution in [0, 0.1) is 5.41 Å². The van der Waals surface area contributed by atoms with Gasteiger partial charge in [-0.1, -0.05) is 20.8 Å². The molecule has 0 aromatic carbocycles. The Bertz CT molecular complexity index is 1130. The summed E-state index contributed by atoms with van der Waals surface area (Å²) in [5.74, 6) is -1.16. The van der Waals surface area contributed by atoms with Gasteiger partial charge >= 0.3 is 0 Å². The number of ether oxygens (including phenoxy) is 1. The molecule has 2 amide bonds. The van der Waals surface area contributed by atoms with Crippen LogP contribution in [0.4, 0.5) is 0 Å². The van der Waals surface area contributed by atoms with Crippen molar-refractivity contribution in [3.05, 3.63) is 33.8 Å². The van der Waals surface area contributed by atoms with Crippen LogP contribution >= 0.6 is 0 Å². The fraction of sp³-hybridized carbons (Fsp3) is 0.545. The van der Waals surface area contributed by atoms with Crippen LogP contribution in [0.15, 0.2) is 17.1 Å². The SMILES string of the molecule is CC(C)(C)Cn1c(O)c(C(=O)NC2CC2)c(=O)n2ncc(/C=C/C(=O)N3CCOCC3)c12. The molecule has 172 valence electrons. The summed E-state index contributed by atoms with van der Waals surface area (Å²) in [5, 5.41) is 17.9. The summed E-state index contributed by atoms with van der Waals surface area (Å²) < 4.78 is 7.92. The van der Waals surface area contributed by atoms with E-state index < -0.39 is 17.3 Å². The van der Waals surface area contributed by atoms with Gasteiger partial charge in [0.25, 0.3) is 11.5 Å². The van der Waals surface area contributed by atoms with Crippen molar-refractivity contribution in [1.82, 2.24) is 24.4 Å². The van der Waals surface area contributed by atoms with E-state index in [2.05, 4.69) is 10.4 Å². The zero-order valence-corrected chi connectivity index (χ0v) is 18.6. The average Bonchev–Trinajstić information content (AvgIpc) is 3.44. The van der Waals surface area contributed by atoms with Crippen molar-refractivity contribution >= 4 is 23.5 Å². The van der Waals surface area contributed by atoms with Crippen molar-refractivity contribution in [2.45, 2.75) is 46.2 Å². The number of hydrogen-bond donors (Lipinski definition) is 2. The maximum atomic E-state index is 13.1. The summed E-state index contributed by atoms with van der Waals surface area (Å²) in [6, 6.07) is 0.0374. The highest BCUT2D eigenvalue weighted by molar-refractivity contribution is 5.97. The molecule has 1 aliphatic carbocycles. The molecule has 10 heteroatoms. The Kier molecular flexibility index (Phi) is 5.81. The Hall–Kier alpha value is -3.14. The van der Waals surface area contributed by atoms with Gasteiger partial charge in [0.1, 0.15) is 5.65 Å². The lowest BCUT2D eigenvalue weighted by molar-refractivity contribution is -0.129. The van der Waals surface area contributed by atoms with Crippen LogP contribution in [-0.4, -0.2) is 68.3 Å². The van der Waals surface area contributed by atoms with Gasteiger partial charge in [-0.25, -0.2) is 0 Å². The second-order valence-electron chi connectivity index (χ2n) is 9.50. The average molecular weight is 444 g/mol. The van der Waals surface area contributed by atoms with Crippen LogP contribution in [0.3, 0.4) is 0 Å². The van der Waals surface area contributed by atoms with E-state index in [-0.39, 0.29) is 22.9 Å². The second-order valence-corrected chi connectivity index (χ2v) is 9.50. The predicted molar refractivity (Wildman–Crippen MR) is 117 cm³/mol. The molecule has 2 N–H and O–H groups in total. The monoisotopic (exact) mass is 443 g/mol. The lowest BCUT2D eigenvalue weighted by Gasteiger charge is -2.25. The third-order valence-corrected chi connectivity index (χ3v) is 5.41. The van der Waals surface area contributed by atoms with E-state index in [4.69, 9.17) is 4.74 Å². The first-order chi connectivity index (χ1) is 15.2. The molecule has 0 bridgehead atoms. The molecular weight excluding hydrogens is 414 g/mol. The molecule has 2 fully saturated rings. The number of nitrogens with zero attached hydrogens (tertiary/aromatic N) is 4. The first-order valence-electron chi connectivity index (χ1n) is 10.8. The van der Waals surface area contributed by atoms with Gasteiger partial charge in [-0.3, -0.25) is 19.0 Å². The summed E-state index contributed by atoms with van der Waals surface area (Å²) in [4.78, 5) is 40.0. The molecule has 10 nitrogen and oxygen atoms in total. The van der Waals surface area contributed by atoms with Crippen molar-refractivity contribution in [2.75, 3.05) is 26.3 Å². The summed E-state index contributed by atoms with van der Waals surface area (Å²) in [6.07, 6.45) is 6.19. The maximum absolute atomic E-state index is 13.1. The minimum Gasteiger partial charge on any atom is -0.494 e. The van der Waals surface area contributed by atoms with Crippen molar-refractivity contribution in [2.24, 2.45) is 5.41 Å². The van der Waals surface area contributed by atoms with E-state index >= 15 is 0 Å². The molecule has 0 atom stereocenters. The molecule has 4 rings (SSSR count). The molecule has 2 aromatic heterocycles. The molecule has 0 radical (unpaired) electrons. The standard InChI is InChI=1S/C22H29N5O5/c1-22(2,3)13-26-19-14(4-7-16(28)25-8-10-32-11-9-25)12-23-27(19)21(31)17(20(26)30)18(29)24-15-5-6-15/h4,7,12,15,30H,5-6,8-11,13H2,1-3H3,(H,24,29)/b7-4+. The second kappa shape index (κ2) is 8.42. The number of rotatable bonds is 5. The van der Waals surface area contributed by atoms with Crippen molar-refractivity contribution in [3.63, 3.8) is 0 Å². The van der Waals surface area contributed by atoms with Gasteiger partial charge in [0.05, 0.1) is 19.4 Å². The van der Waals surface area contributed by atoms with E-state index in [0.29, 0.717) is 44.1 Å². The van der Waals surface area contributed by atoms with Crippen molar-refractivity contribution in [3.8, 4) is 5.88 Å². The smallest absolute Gasteiger partial charge is 0.291 e. The van der Waals surface area contributed by atoms with E-state index in [1.165, 1.54) is 16.8 Å². The molecule has 2 aliphatic rings. The number of amides is 2. The van der Waals surface area contributed by atoms with E-state index in [0.717, 1.165) is 17.4 Å². The summed E-state index contributed by atoms with van der Waals surface area (Å²) in [6.45, 7) is 8.33. The molecule has 2 aromatic rings. The number of morpholine rings is 1. The number of fused-ring (bicyclic) bond motifs is 1. The molecule has 1 aliphatic heterocycles. The highest BCUT2D eigenvalue weighted by atomic mass is 16.5. The summed E-state index contributed by atoms with van der Waals surface area (Å²) >= 11 is 0. The highest BCUT2D eigenvalue weighted by Crippen LogP contribution is 2.27. The van der Waals surface area contributed by atoms with Crippen LogP contribution in [0.5, 0.6) is 5.88 Å². The minimum atomic E-state index is -0.694. The van der Waals surface area contributed by atoms with Crippen LogP contribution in [0.1, 0.15) is 49.5 Å². The van der Waals surface area contributed by atoms with Gasteiger partial charge in [-0.2, -0.15) is 9.61 Å². The van der Waals surface area contributed by atoms with Crippen LogP contribution < -0.4 is 10.9 Å². The highest BCUT2D eigenvalue weighted by Gasteiger charge is 2.30. The quantitative estimate of drug-likeness (QED) is 0.666. The van der Waals surface area contributed by atoms with Gasteiger partial charge in [-0.15, -0.1) is 0 Å². The van der Waals surface area contributed by atoms with Crippen LogP contribution in [-0.2, 0) is 16.1 Å². The Morgan fingerprint density at radius 3 is 2.59 bits per heavy atom. The number of nitrogens with one attached hydrogen (secondary N) is 1. The van der Waals surface area contributed by atoms with Crippen molar-refractivity contribution in [1.29, 1.82) is 0 Å². The molecule has 1 saturated heterocycles. The topological polar surface area (TPSA) is 118 Å². The van der Waals surface area contributed by atoms with E-state index in [1.54, 1.807) is 11.0 Å². The lowest BCUT2D eigenvalue weighted by Crippen LogP contribution is -2.39. The summed E-state index contributed by atoms with van der Waals surface area (Å²) in [5.41, 5.74) is -0.461. The largest absolute Gasteiger partial charge is 0.494 e. The molecular formula is C22H29N5O5. The number of aromatic nitrogens is 3. The normalized spacial score (nSPS) is 17.3. The van der Waals surface area contributed by atoms with Crippen LogP contribution in [0.25, 0.3) is 11.7 Å². The minimum absolute atomic E-state index is 0.0374. The molecule has 3 heterocycles. The first-order valence-corrected chi connectivity index (χ1v) is 10.8. The Labute approximate surface area is 185 Å². The number of carbonyl (C=O) groups excluding carboxylic acids is 2. The van der Waals surface area contributed by atoms with E-state index in [1.807, 2.05) is 20.8 Å². The Morgan fingerprint density at radius 1 is 1.28 bits per heavy atom. The zero-order valence-electron chi connectivity index (χ0n) is 18.6. The first kappa shape index (κ1) is 22.1. The molecule has 0 unspecified atom stereocenters. The molecule has 1 saturated carbocycles. The maximum Gasteiger partial charge on any atom is 0.291 e. The van der Waals surface area contributed by atoms with Crippen molar-refractivity contribution < 1.29 is 19.4 Å². The number of aromatic hydroxyl groups is 1. The molecule has 0 spiro atoms. The Morgan fingerprint density at radius 2 is 1.97 bits per heavy atom.